The van der Waals surface area contributed by atoms with Crippen LogP contribution in [0.15, 0.2) is 0 Å². The first-order valence-electron chi connectivity index (χ1n) is 22.6. The van der Waals surface area contributed by atoms with Gasteiger partial charge < -0.3 is 68.9 Å². The van der Waals surface area contributed by atoms with Gasteiger partial charge in [-0.2, -0.15) is 0 Å². The molecule has 21 atom stereocenters. The van der Waals surface area contributed by atoms with Crippen LogP contribution < -0.4 is 0 Å². The second-order valence-electron chi connectivity index (χ2n) is 22.3. The summed E-state index contributed by atoms with van der Waals surface area (Å²) in [4.78, 5) is 23.9. The summed E-state index contributed by atoms with van der Waals surface area (Å²) in [5.41, 5.74) is -3.47. The zero-order valence-electron chi connectivity index (χ0n) is 37.3. The molecule has 0 aromatic heterocycles. The van der Waals surface area contributed by atoms with Crippen molar-refractivity contribution in [2.45, 2.75) is 211 Å². The van der Waals surface area contributed by atoms with Crippen LogP contribution in [0, 0.1) is 44.8 Å². The molecule has 21 unspecified atom stereocenters. The van der Waals surface area contributed by atoms with Gasteiger partial charge in [0.2, 0.25) is 0 Å². The summed E-state index contributed by atoms with van der Waals surface area (Å²) >= 11 is 0. The van der Waals surface area contributed by atoms with Gasteiger partial charge in [-0.05, 0) is 117 Å². The second-order valence-corrected chi connectivity index (χ2v) is 22.3. The van der Waals surface area contributed by atoms with Crippen molar-refractivity contribution >= 4 is 11.9 Å². The molecule has 0 bridgehead atoms. The molecule has 3 aliphatic heterocycles. The highest BCUT2D eigenvalue weighted by Gasteiger charge is 2.85. The summed E-state index contributed by atoms with van der Waals surface area (Å²) in [5.74, 6) is -1.61. The predicted octanol–water partition coefficient (Wildman–Crippen LogP) is 1.87. The number of carbonyl (C=O) groups excluding carboxylic acids is 2. The van der Waals surface area contributed by atoms with Gasteiger partial charge in [-0.1, -0.05) is 27.7 Å². The van der Waals surface area contributed by atoms with Crippen molar-refractivity contribution in [3.8, 4) is 0 Å². The van der Waals surface area contributed by atoms with E-state index in [4.69, 9.17) is 33.2 Å². The van der Waals surface area contributed by atoms with Gasteiger partial charge in [0.15, 0.2) is 18.7 Å². The Kier molecular flexibility index (Phi) is 11.5. The van der Waals surface area contributed by atoms with Crippen LogP contribution in [0.2, 0.25) is 0 Å². The van der Waals surface area contributed by atoms with E-state index in [-0.39, 0.29) is 58.7 Å². The molecule has 3 heterocycles. The smallest absolute Gasteiger partial charge is 0.303 e. The van der Waals surface area contributed by atoms with E-state index >= 15 is 0 Å². The molecule has 0 aromatic rings. The Hall–Kier alpha value is -1.54. The van der Waals surface area contributed by atoms with Gasteiger partial charge >= 0.3 is 11.9 Å². The van der Waals surface area contributed by atoms with Crippen molar-refractivity contribution in [2.75, 3.05) is 13.2 Å². The number of esters is 2. The molecule has 16 nitrogen and oxygen atoms in total. The van der Waals surface area contributed by atoms with E-state index in [1.807, 2.05) is 0 Å². The minimum atomic E-state index is -1.66. The topological polar surface area (TPSA) is 240 Å². The van der Waals surface area contributed by atoms with E-state index in [0.29, 0.717) is 25.7 Å². The standard InChI is InChI=1S/C45H72O16/c1-21(46)55-19-26-31(51)32(52)33(53)37(59-26)58-25-16-27-42(8)17-23(48)35(43(9)12-10-29(61-43)40(5,6)54)41(42,7)14-15-44(27)20-45(44)13-11-28(39(3,4)36(25)45)60-38-34(57-22(2)47)30(50)24(49)18-56-38/h23-38,48-54H,10-20H2,1-9H3. The number of aliphatic hydroxyl groups is 7. The molecule has 0 radical (unpaired) electrons. The lowest BCUT2D eigenvalue weighted by Gasteiger charge is -2.65. The van der Waals surface area contributed by atoms with Crippen LogP contribution in [-0.4, -0.2) is 152 Å². The lowest BCUT2D eigenvalue weighted by atomic mass is 9.41. The monoisotopic (exact) mass is 868 g/mol. The fraction of sp³-hybridized carbons (Fsp3) is 0.956. The Morgan fingerprint density at radius 2 is 1.46 bits per heavy atom. The summed E-state index contributed by atoms with van der Waals surface area (Å²) in [5, 5.41) is 78.0. The largest absolute Gasteiger partial charge is 0.463 e. The fourth-order valence-electron chi connectivity index (χ4n) is 15.4. The molecule has 8 rings (SSSR count). The third kappa shape index (κ3) is 6.97. The van der Waals surface area contributed by atoms with E-state index in [1.54, 1.807) is 13.8 Å². The SMILES string of the molecule is CC(=O)OCC1OC(OC2CC3C4(C)CC(O)C(C5(C)CCC(C(C)(C)O)O5)C4(C)CCC34CC43CCC(OC4OCC(O)C(O)C4OC(C)=O)C(C)(C)C23)C(O)C(O)C1O. The molecule has 8 fully saturated rings. The van der Waals surface area contributed by atoms with Crippen molar-refractivity contribution < 1.29 is 78.5 Å². The van der Waals surface area contributed by atoms with Crippen LogP contribution in [0.5, 0.6) is 0 Å². The number of carbonyl (C=O) groups is 2. The molecule has 8 aliphatic rings. The van der Waals surface area contributed by atoms with Crippen molar-refractivity contribution in [1.82, 2.24) is 0 Å². The minimum absolute atomic E-state index is 0.0581. The molecule has 3 saturated heterocycles. The number of hydrogen-bond donors (Lipinski definition) is 7. The summed E-state index contributed by atoms with van der Waals surface area (Å²) in [7, 11) is 0. The number of aliphatic hydroxyl groups excluding tert-OH is 6. The third-order valence-electron chi connectivity index (χ3n) is 18.2. The first-order valence-corrected chi connectivity index (χ1v) is 22.6. The lowest BCUT2D eigenvalue weighted by molar-refractivity contribution is -0.339. The Labute approximate surface area is 358 Å². The summed E-state index contributed by atoms with van der Waals surface area (Å²) in [6, 6.07) is 0. The highest BCUT2D eigenvalue weighted by atomic mass is 16.7. The van der Waals surface area contributed by atoms with E-state index in [2.05, 4.69) is 34.6 Å². The maximum Gasteiger partial charge on any atom is 0.303 e. The molecule has 0 aromatic carbocycles. The molecule has 7 N–H and O–H groups in total. The van der Waals surface area contributed by atoms with E-state index < -0.39 is 102 Å². The van der Waals surface area contributed by atoms with Gasteiger partial charge in [0, 0.05) is 19.8 Å². The Morgan fingerprint density at radius 1 is 0.754 bits per heavy atom. The van der Waals surface area contributed by atoms with Gasteiger partial charge in [0.25, 0.3) is 0 Å². The van der Waals surface area contributed by atoms with Gasteiger partial charge in [0.1, 0.15) is 43.2 Å². The predicted molar refractivity (Wildman–Crippen MR) is 213 cm³/mol. The van der Waals surface area contributed by atoms with Crippen molar-refractivity contribution in [1.29, 1.82) is 0 Å². The molecular formula is C45H72O16. The average Bonchev–Trinajstić information content (AvgIpc) is 3.52. The first-order chi connectivity index (χ1) is 28.3. The average molecular weight is 869 g/mol. The van der Waals surface area contributed by atoms with Gasteiger partial charge in [-0.3, -0.25) is 9.59 Å². The molecule has 348 valence electrons. The van der Waals surface area contributed by atoms with Gasteiger partial charge in [-0.25, -0.2) is 0 Å². The van der Waals surface area contributed by atoms with Crippen molar-refractivity contribution in [2.24, 2.45) is 44.8 Å². The van der Waals surface area contributed by atoms with Gasteiger partial charge in [0.05, 0.1) is 42.2 Å². The summed E-state index contributed by atoms with van der Waals surface area (Å²) in [6.45, 7) is 16.4. The maximum absolute atomic E-state index is 12.3. The van der Waals surface area contributed by atoms with Crippen molar-refractivity contribution in [3.63, 3.8) is 0 Å². The van der Waals surface area contributed by atoms with Crippen LogP contribution >= 0.6 is 0 Å². The molecule has 5 saturated carbocycles. The number of rotatable bonds is 9. The Bertz CT molecular complexity index is 1690. The fourth-order valence-corrected chi connectivity index (χ4v) is 15.4. The Morgan fingerprint density at radius 3 is 2.10 bits per heavy atom. The molecule has 2 spiro atoms. The second kappa shape index (κ2) is 15.3. The first kappa shape index (κ1) is 46.0. The molecule has 61 heavy (non-hydrogen) atoms. The number of hydrogen-bond acceptors (Lipinski definition) is 16. The molecule has 0 amide bonds. The van der Waals surface area contributed by atoms with Crippen LogP contribution in [0.3, 0.4) is 0 Å². The van der Waals surface area contributed by atoms with Crippen LogP contribution in [0.4, 0.5) is 0 Å². The Balaban J connectivity index is 1.15. The van der Waals surface area contributed by atoms with Crippen molar-refractivity contribution in [3.05, 3.63) is 0 Å². The van der Waals surface area contributed by atoms with E-state index in [9.17, 15) is 45.3 Å². The van der Waals surface area contributed by atoms with E-state index in [1.165, 1.54) is 13.8 Å². The highest BCUT2D eigenvalue weighted by molar-refractivity contribution is 5.66. The zero-order chi connectivity index (χ0) is 44.6. The normalized spacial score (nSPS) is 53.8. The number of fused-ring (bicyclic) bond motifs is 2. The third-order valence-corrected chi connectivity index (χ3v) is 18.2. The highest BCUT2D eigenvalue weighted by Crippen LogP contribution is 2.89. The molecule has 16 heteroatoms. The van der Waals surface area contributed by atoms with Gasteiger partial charge in [-0.15, -0.1) is 0 Å². The van der Waals surface area contributed by atoms with E-state index in [0.717, 1.165) is 32.1 Å². The number of ether oxygens (including phenoxy) is 7. The molecule has 5 aliphatic carbocycles. The quantitative estimate of drug-likeness (QED) is 0.129. The van der Waals surface area contributed by atoms with Crippen LogP contribution in [-0.2, 0) is 42.7 Å². The maximum atomic E-state index is 12.3. The molecular weight excluding hydrogens is 796 g/mol. The lowest BCUT2D eigenvalue weighted by Crippen LogP contribution is -2.65. The summed E-state index contributed by atoms with van der Waals surface area (Å²) < 4.78 is 43.2. The summed E-state index contributed by atoms with van der Waals surface area (Å²) in [6.07, 6.45) is -8.09. The van der Waals surface area contributed by atoms with Crippen LogP contribution in [0.25, 0.3) is 0 Å². The zero-order valence-corrected chi connectivity index (χ0v) is 37.3. The van der Waals surface area contributed by atoms with Crippen LogP contribution in [0.1, 0.15) is 120 Å². The minimum Gasteiger partial charge on any atom is -0.463 e.